The molecule has 0 amide bonds. The summed E-state index contributed by atoms with van der Waals surface area (Å²) in [5, 5.41) is 8.85. The minimum absolute atomic E-state index is 0.260. The van der Waals surface area contributed by atoms with Crippen LogP contribution in [0.25, 0.3) is 11.1 Å². The fourth-order valence-electron chi connectivity index (χ4n) is 1.52. The third-order valence-corrected chi connectivity index (χ3v) is 2.75. The largest absolute Gasteiger partial charge is 0.207 e. The van der Waals surface area contributed by atoms with Gasteiger partial charge < -0.3 is 0 Å². The minimum Gasteiger partial charge on any atom is -0.207 e. The molecule has 17 heavy (non-hydrogen) atoms. The fourth-order valence-corrected chi connectivity index (χ4v) is 1.71. The van der Waals surface area contributed by atoms with Gasteiger partial charge in [0.15, 0.2) is 0 Å². The predicted molar refractivity (Wildman–Crippen MR) is 63.8 cm³/mol. The second kappa shape index (κ2) is 4.56. The van der Waals surface area contributed by atoms with Gasteiger partial charge in [-0.2, -0.15) is 5.26 Å². The van der Waals surface area contributed by atoms with Gasteiger partial charge in [-0.15, -0.1) is 12.6 Å². The molecule has 2 aromatic rings. The lowest BCUT2D eigenvalue weighted by molar-refractivity contribution is 0.585. The Morgan fingerprint density at radius 3 is 2.47 bits per heavy atom. The van der Waals surface area contributed by atoms with Crippen LogP contribution in [-0.4, -0.2) is 0 Å². The highest BCUT2D eigenvalue weighted by atomic mass is 32.1. The maximum absolute atomic E-state index is 13.5. The van der Waals surface area contributed by atoms with Gasteiger partial charge in [0.2, 0.25) is 0 Å². The molecule has 0 heterocycles. The van der Waals surface area contributed by atoms with Crippen LogP contribution >= 0.6 is 12.6 Å². The van der Waals surface area contributed by atoms with Crippen LogP contribution in [-0.2, 0) is 0 Å². The first-order valence-electron chi connectivity index (χ1n) is 4.80. The van der Waals surface area contributed by atoms with Crippen molar-refractivity contribution in [3.8, 4) is 17.2 Å². The zero-order valence-corrected chi connectivity index (χ0v) is 9.51. The summed E-state index contributed by atoms with van der Waals surface area (Å²) in [5.74, 6) is -1.28. The molecule has 0 unspecified atom stereocenters. The summed E-state index contributed by atoms with van der Waals surface area (Å²) >= 11 is 4.10. The highest BCUT2D eigenvalue weighted by Gasteiger charge is 2.08. The highest BCUT2D eigenvalue weighted by Crippen LogP contribution is 2.26. The topological polar surface area (TPSA) is 23.8 Å². The van der Waals surface area contributed by atoms with E-state index >= 15 is 0 Å². The Kier molecular flexibility index (Phi) is 3.12. The first-order chi connectivity index (χ1) is 8.11. The number of thiol groups is 1. The average Bonchev–Trinajstić information content (AvgIpc) is 2.30. The molecule has 0 saturated carbocycles. The zero-order valence-electron chi connectivity index (χ0n) is 8.61. The molecule has 4 heteroatoms. The Labute approximate surface area is 103 Å². The van der Waals surface area contributed by atoms with Gasteiger partial charge in [-0.05, 0) is 29.8 Å². The van der Waals surface area contributed by atoms with Gasteiger partial charge >= 0.3 is 0 Å². The van der Waals surface area contributed by atoms with E-state index in [0.717, 1.165) is 6.07 Å². The summed E-state index contributed by atoms with van der Waals surface area (Å²) in [6.45, 7) is 0. The van der Waals surface area contributed by atoms with Crippen molar-refractivity contribution in [2.75, 3.05) is 0 Å². The van der Waals surface area contributed by atoms with Gasteiger partial charge in [-0.25, -0.2) is 8.78 Å². The van der Waals surface area contributed by atoms with E-state index in [0.29, 0.717) is 16.0 Å². The lowest BCUT2D eigenvalue weighted by Gasteiger charge is -2.05. The number of nitriles is 1. The molecule has 2 rings (SSSR count). The van der Waals surface area contributed by atoms with Crippen molar-refractivity contribution in [3.63, 3.8) is 0 Å². The first kappa shape index (κ1) is 11.6. The molecule has 0 atom stereocenters. The summed E-state index contributed by atoms with van der Waals surface area (Å²) in [4.78, 5) is 0.527. The minimum atomic E-state index is -0.652. The number of hydrogen-bond donors (Lipinski definition) is 1. The van der Waals surface area contributed by atoms with E-state index in [9.17, 15) is 8.78 Å². The molecule has 0 bridgehead atoms. The second-order valence-corrected chi connectivity index (χ2v) is 3.95. The molecule has 84 valence electrons. The van der Waals surface area contributed by atoms with E-state index in [1.165, 1.54) is 18.2 Å². The molecule has 0 saturated heterocycles. The number of halogens is 2. The van der Waals surface area contributed by atoms with Crippen molar-refractivity contribution >= 4 is 12.6 Å². The maximum atomic E-state index is 13.5. The van der Waals surface area contributed by atoms with Crippen molar-refractivity contribution in [1.29, 1.82) is 5.26 Å². The van der Waals surface area contributed by atoms with Crippen LogP contribution in [0.4, 0.5) is 8.78 Å². The number of rotatable bonds is 1. The van der Waals surface area contributed by atoms with Gasteiger partial charge in [0, 0.05) is 16.5 Å². The van der Waals surface area contributed by atoms with Gasteiger partial charge in [0.05, 0.1) is 5.56 Å². The number of nitrogens with zero attached hydrogens (tertiary/aromatic N) is 1. The van der Waals surface area contributed by atoms with E-state index in [4.69, 9.17) is 5.26 Å². The highest BCUT2D eigenvalue weighted by molar-refractivity contribution is 7.80. The van der Waals surface area contributed by atoms with E-state index in [2.05, 4.69) is 12.6 Å². The Hall–Kier alpha value is -1.86. The van der Waals surface area contributed by atoms with Crippen LogP contribution in [0.5, 0.6) is 0 Å². The summed E-state index contributed by atoms with van der Waals surface area (Å²) in [7, 11) is 0. The molecule has 0 aliphatic rings. The molecule has 0 radical (unpaired) electrons. The van der Waals surface area contributed by atoms with E-state index in [1.54, 1.807) is 12.1 Å². The molecular formula is C13H7F2NS. The lowest BCUT2D eigenvalue weighted by Crippen LogP contribution is -1.88. The van der Waals surface area contributed by atoms with Gasteiger partial charge in [0.1, 0.15) is 17.7 Å². The zero-order chi connectivity index (χ0) is 12.4. The predicted octanol–water partition coefficient (Wildman–Crippen LogP) is 3.79. The van der Waals surface area contributed by atoms with Gasteiger partial charge in [-0.3, -0.25) is 0 Å². The van der Waals surface area contributed by atoms with Crippen LogP contribution in [0.2, 0.25) is 0 Å². The van der Waals surface area contributed by atoms with E-state index in [-0.39, 0.29) is 5.56 Å². The van der Waals surface area contributed by atoms with Crippen molar-refractivity contribution in [1.82, 2.24) is 0 Å². The summed E-state index contributed by atoms with van der Waals surface area (Å²) < 4.78 is 26.3. The number of hydrogen-bond acceptors (Lipinski definition) is 2. The van der Waals surface area contributed by atoms with E-state index < -0.39 is 11.6 Å². The van der Waals surface area contributed by atoms with Crippen molar-refractivity contribution < 1.29 is 8.78 Å². The Balaban J connectivity index is 2.58. The summed E-state index contributed by atoms with van der Waals surface area (Å²) in [6.07, 6.45) is 0. The van der Waals surface area contributed by atoms with Crippen molar-refractivity contribution in [2.24, 2.45) is 0 Å². The van der Waals surface area contributed by atoms with Crippen LogP contribution in [0.15, 0.2) is 41.3 Å². The molecule has 2 aromatic carbocycles. The SMILES string of the molecule is N#Cc1cc(-c2ccc(F)cc2F)ccc1S. The Bertz CT molecular complexity index is 617. The standard InChI is InChI=1S/C13H7F2NS/c14-10-2-3-11(12(15)6-10)8-1-4-13(17)9(5-8)7-16/h1-6,17H. The van der Waals surface area contributed by atoms with Crippen LogP contribution in [0, 0.1) is 23.0 Å². The maximum Gasteiger partial charge on any atom is 0.133 e. The Morgan fingerprint density at radius 1 is 1.06 bits per heavy atom. The smallest absolute Gasteiger partial charge is 0.133 e. The monoisotopic (exact) mass is 247 g/mol. The second-order valence-electron chi connectivity index (χ2n) is 3.47. The molecular weight excluding hydrogens is 240 g/mol. The van der Waals surface area contributed by atoms with Gasteiger partial charge in [-0.1, -0.05) is 6.07 Å². The van der Waals surface area contributed by atoms with Crippen LogP contribution in [0.3, 0.4) is 0 Å². The van der Waals surface area contributed by atoms with Crippen LogP contribution in [0.1, 0.15) is 5.56 Å². The Morgan fingerprint density at radius 2 is 1.82 bits per heavy atom. The number of benzene rings is 2. The molecule has 0 aliphatic heterocycles. The van der Waals surface area contributed by atoms with E-state index in [1.807, 2.05) is 6.07 Å². The average molecular weight is 247 g/mol. The van der Waals surface area contributed by atoms with Crippen LogP contribution < -0.4 is 0 Å². The summed E-state index contributed by atoms with van der Waals surface area (Å²) in [6, 6.07) is 10.1. The lowest BCUT2D eigenvalue weighted by atomic mass is 10.0. The third-order valence-electron chi connectivity index (χ3n) is 2.36. The quantitative estimate of drug-likeness (QED) is 0.761. The van der Waals surface area contributed by atoms with Crippen molar-refractivity contribution in [3.05, 3.63) is 53.6 Å². The molecule has 0 aliphatic carbocycles. The van der Waals surface area contributed by atoms with Gasteiger partial charge in [0.25, 0.3) is 0 Å². The third kappa shape index (κ3) is 2.29. The molecule has 0 aromatic heterocycles. The first-order valence-corrected chi connectivity index (χ1v) is 5.25. The molecule has 0 N–H and O–H groups in total. The molecule has 1 nitrogen and oxygen atoms in total. The molecule has 0 spiro atoms. The molecule has 0 fully saturated rings. The summed E-state index contributed by atoms with van der Waals surface area (Å²) in [5.41, 5.74) is 1.14. The fraction of sp³-hybridized carbons (Fsp3) is 0. The van der Waals surface area contributed by atoms with Crippen molar-refractivity contribution in [2.45, 2.75) is 4.90 Å². The normalized spacial score (nSPS) is 10.0.